The van der Waals surface area contributed by atoms with Gasteiger partial charge in [-0.15, -0.1) is 0 Å². The minimum atomic E-state index is 0.366. The average Bonchev–Trinajstić information content (AvgIpc) is 3.68. The highest BCUT2D eigenvalue weighted by Gasteiger charge is 2.40. The number of fused-ring (bicyclic) bond motifs is 5. The van der Waals surface area contributed by atoms with Gasteiger partial charge in [0.05, 0.1) is 17.9 Å². The van der Waals surface area contributed by atoms with E-state index in [9.17, 15) is 0 Å². The highest BCUT2D eigenvalue weighted by Crippen LogP contribution is 2.58. The highest BCUT2D eigenvalue weighted by molar-refractivity contribution is 5.81. The smallest absolute Gasteiger partial charge is 0.123 e. The van der Waals surface area contributed by atoms with Crippen LogP contribution in [0.15, 0.2) is 66.9 Å². The van der Waals surface area contributed by atoms with Gasteiger partial charge in [0.15, 0.2) is 0 Å². The van der Waals surface area contributed by atoms with Gasteiger partial charge >= 0.3 is 0 Å². The molecule has 1 saturated carbocycles. The van der Waals surface area contributed by atoms with Gasteiger partial charge in [0, 0.05) is 5.69 Å². The largest absolute Gasteiger partial charge is 0.399 e. The molecular formula is C30H30N4. The predicted octanol–water partition coefficient (Wildman–Crippen LogP) is 6.78. The van der Waals surface area contributed by atoms with Crippen molar-refractivity contribution >= 4 is 5.69 Å². The van der Waals surface area contributed by atoms with Crippen LogP contribution in [-0.2, 0) is 0 Å². The monoisotopic (exact) mass is 446 g/mol. The number of hydrogen-bond donors (Lipinski definition) is 3. The Morgan fingerprint density at radius 2 is 1.35 bits per heavy atom. The third kappa shape index (κ3) is 3.20. The maximum absolute atomic E-state index is 5.96. The van der Waals surface area contributed by atoms with Crippen LogP contribution in [0.25, 0.3) is 33.5 Å². The van der Waals surface area contributed by atoms with Crippen molar-refractivity contribution in [2.75, 3.05) is 12.3 Å². The van der Waals surface area contributed by atoms with E-state index in [1.165, 1.54) is 53.5 Å². The Morgan fingerprint density at radius 1 is 0.735 bits per heavy atom. The van der Waals surface area contributed by atoms with Gasteiger partial charge in [-0.2, -0.15) is 0 Å². The van der Waals surface area contributed by atoms with Crippen molar-refractivity contribution < 1.29 is 0 Å². The number of H-pyrrole nitrogens is 1. The number of nitrogens with one attached hydrogen (secondary N) is 2. The van der Waals surface area contributed by atoms with Gasteiger partial charge in [-0.3, -0.25) is 0 Å². The number of imidazole rings is 1. The van der Waals surface area contributed by atoms with Crippen molar-refractivity contribution in [3.05, 3.63) is 83.8 Å². The summed E-state index contributed by atoms with van der Waals surface area (Å²) >= 11 is 0. The molecule has 2 unspecified atom stereocenters. The lowest BCUT2D eigenvalue weighted by molar-refractivity contribution is 0.613. The lowest BCUT2D eigenvalue weighted by Gasteiger charge is -2.23. The Hall–Kier alpha value is -3.37. The summed E-state index contributed by atoms with van der Waals surface area (Å²) in [5.74, 6) is 2.44. The number of rotatable bonds is 4. The van der Waals surface area contributed by atoms with Gasteiger partial charge in [-0.25, -0.2) is 4.98 Å². The summed E-state index contributed by atoms with van der Waals surface area (Å²) in [6, 6.07) is 22.5. The molecule has 4 nitrogen and oxygen atoms in total. The summed E-state index contributed by atoms with van der Waals surface area (Å²) in [6.07, 6.45) is 8.30. The number of aromatic amines is 1. The van der Waals surface area contributed by atoms with Crippen LogP contribution in [0.4, 0.5) is 5.69 Å². The molecule has 1 aromatic heterocycles. The normalized spacial score (nSPS) is 22.9. The molecule has 4 heteroatoms. The van der Waals surface area contributed by atoms with Crippen LogP contribution >= 0.6 is 0 Å². The second-order valence-corrected chi connectivity index (χ2v) is 10.2. The summed E-state index contributed by atoms with van der Waals surface area (Å²) in [7, 11) is 0. The van der Waals surface area contributed by atoms with Gasteiger partial charge < -0.3 is 16.0 Å². The minimum absolute atomic E-state index is 0.366. The third-order valence-electron chi connectivity index (χ3n) is 8.25. The van der Waals surface area contributed by atoms with Crippen LogP contribution in [0.5, 0.6) is 0 Å². The standard InChI is InChI=1S/C30H30N4/c31-23-11-9-19(10-12-23)25-14-13-24(28-21-7-8-22(16-21)29(25)28)18-3-5-20(6-4-18)27-17-33-30(34-27)26-2-1-15-32-26/h3-6,9-14,17,21-22,26,32H,1-2,7-8,15-16,31H2,(H,33,34)/t21?,22?,26-/m0/s1. The van der Waals surface area contributed by atoms with E-state index < -0.39 is 0 Å². The second kappa shape index (κ2) is 7.85. The fourth-order valence-electron chi connectivity index (χ4n) is 6.60. The first-order chi connectivity index (χ1) is 16.7. The second-order valence-electron chi connectivity index (χ2n) is 10.2. The Morgan fingerprint density at radius 3 is 1.97 bits per heavy atom. The third-order valence-corrected chi connectivity index (χ3v) is 8.25. The van der Waals surface area contributed by atoms with Crippen LogP contribution in [-0.4, -0.2) is 16.5 Å². The summed E-state index contributed by atoms with van der Waals surface area (Å²) in [5, 5.41) is 3.52. The minimum Gasteiger partial charge on any atom is -0.399 e. The highest BCUT2D eigenvalue weighted by atomic mass is 15.0. The Kier molecular flexibility index (Phi) is 4.63. The van der Waals surface area contributed by atoms with Gasteiger partial charge in [0.1, 0.15) is 5.82 Å². The SMILES string of the molecule is Nc1ccc(-c2ccc(-c3ccc(-c4cnc([C@@H]5CCCN5)[nH]4)cc3)c3c2C2CCC3C2)cc1. The molecule has 3 aliphatic rings. The van der Waals surface area contributed by atoms with Crippen LogP contribution in [0.1, 0.15) is 66.9 Å². The van der Waals surface area contributed by atoms with Crippen LogP contribution in [0, 0.1) is 0 Å². The maximum atomic E-state index is 5.96. The number of nitrogens with zero attached hydrogens (tertiary/aromatic N) is 1. The number of nitrogens with two attached hydrogens (primary N) is 1. The predicted molar refractivity (Wildman–Crippen MR) is 139 cm³/mol. The van der Waals surface area contributed by atoms with Gasteiger partial charge in [-0.05, 0) is 102 Å². The molecule has 3 aromatic carbocycles. The first-order valence-corrected chi connectivity index (χ1v) is 12.7. The van der Waals surface area contributed by atoms with E-state index in [1.54, 1.807) is 11.1 Å². The topological polar surface area (TPSA) is 66.7 Å². The van der Waals surface area contributed by atoms with Crippen molar-refractivity contribution in [1.82, 2.24) is 15.3 Å². The van der Waals surface area contributed by atoms with E-state index in [2.05, 4.69) is 63.8 Å². The van der Waals surface area contributed by atoms with E-state index in [0.717, 1.165) is 30.2 Å². The maximum Gasteiger partial charge on any atom is 0.123 e. The van der Waals surface area contributed by atoms with Crippen molar-refractivity contribution in [2.45, 2.75) is 50.0 Å². The van der Waals surface area contributed by atoms with Crippen LogP contribution in [0.2, 0.25) is 0 Å². The summed E-state index contributed by atoms with van der Waals surface area (Å²) in [5.41, 5.74) is 17.6. The number of benzene rings is 3. The number of anilines is 1. The zero-order valence-corrected chi connectivity index (χ0v) is 19.4. The molecule has 1 saturated heterocycles. The van der Waals surface area contributed by atoms with Gasteiger partial charge in [0.2, 0.25) is 0 Å². The van der Waals surface area contributed by atoms with E-state index >= 15 is 0 Å². The van der Waals surface area contributed by atoms with E-state index in [4.69, 9.17) is 5.73 Å². The Balaban J connectivity index is 1.25. The zero-order chi connectivity index (χ0) is 22.6. The molecule has 3 atom stereocenters. The van der Waals surface area contributed by atoms with Crippen molar-refractivity contribution in [3.63, 3.8) is 0 Å². The zero-order valence-electron chi connectivity index (χ0n) is 19.4. The van der Waals surface area contributed by atoms with Gasteiger partial charge in [-0.1, -0.05) is 48.5 Å². The molecule has 0 spiro atoms. The molecule has 7 rings (SSSR count). The lowest BCUT2D eigenvalue weighted by Crippen LogP contribution is -2.14. The number of nitrogen functional groups attached to an aromatic ring is 1. The molecular weight excluding hydrogens is 416 g/mol. The molecule has 34 heavy (non-hydrogen) atoms. The molecule has 0 radical (unpaired) electrons. The summed E-state index contributed by atoms with van der Waals surface area (Å²) < 4.78 is 0. The van der Waals surface area contributed by atoms with Crippen molar-refractivity contribution in [3.8, 4) is 33.5 Å². The molecule has 2 bridgehead atoms. The molecule has 4 N–H and O–H groups in total. The Bertz CT molecular complexity index is 1340. The van der Waals surface area contributed by atoms with Gasteiger partial charge in [0.25, 0.3) is 0 Å². The summed E-state index contributed by atoms with van der Waals surface area (Å²) in [6.45, 7) is 1.08. The van der Waals surface area contributed by atoms with Crippen molar-refractivity contribution in [2.24, 2.45) is 0 Å². The van der Waals surface area contributed by atoms with Crippen molar-refractivity contribution in [1.29, 1.82) is 0 Å². The number of aromatic nitrogens is 2. The quantitative estimate of drug-likeness (QED) is 0.303. The number of hydrogen-bond acceptors (Lipinski definition) is 3. The fraction of sp³-hybridized carbons (Fsp3) is 0.300. The molecule has 2 heterocycles. The molecule has 170 valence electrons. The molecule has 1 aliphatic heterocycles. The molecule has 2 aliphatic carbocycles. The lowest BCUT2D eigenvalue weighted by atomic mass is 9.81. The molecule has 2 fully saturated rings. The Labute approximate surface area is 200 Å². The van der Waals surface area contributed by atoms with E-state index in [-0.39, 0.29) is 0 Å². The first kappa shape index (κ1) is 20.0. The summed E-state index contributed by atoms with van der Waals surface area (Å²) in [4.78, 5) is 8.19. The first-order valence-electron chi connectivity index (χ1n) is 12.7. The average molecular weight is 447 g/mol. The fourth-order valence-corrected chi connectivity index (χ4v) is 6.60. The molecule has 4 aromatic rings. The van der Waals surface area contributed by atoms with Crippen LogP contribution in [0.3, 0.4) is 0 Å². The van der Waals surface area contributed by atoms with E-state index in [1.807, 2.05) is 18.3 Å². The van der Waals surface area contributed by atoms with E-state index in [0.29, 0.717) is 17.9 Å². The van der Waals surface area contributed by atoms with Crippen LogP contribution < -0.4 is 11.1 Å². The molecule has 0 amide bonds.